The van der Waals surface area contributed by atoms with Crippen LogP contribution in [0.5, 0.6) is 11.5 Å². The highest BCUT2D eigenvalue weighted by molar-refractivity contribution is 6.32. The Morgan fingerprint density at radius 2 is 1.75 bits per heavy atom. The maximum absolute atomic E-state index is 10.0. The van der Waals surface area contributed by atoms with Crippen LogP contribution in [0.1, 0.15) is 36.1 Å². The summed E-state index contributed by atoms with van der Waals surface area (Å²) in [5, 5.41) is 10.8. The largest absolute Gasteiger partial charge is 0.457 e. The summed E-state index contributed by atoms with van der Waals surface area (Å²) in [6, 6.07) is 11.4. The summed E-state index contributed by atoms with van der Waals surface area (Å²) in [4.78, 5) is 0. The SMILES string of the molecule is CC[C@H](O)c1ccccc1Oc1cc(C)c(Cl)c(C)c1. The van der Waals surface area contributed by atoms with Crippen molar-refractivity contribution in [2.24, 2.45) is 0 Å². The average Bonchev–Trinajstić information content (AvgIpc) is 2.44. The molecule has 1 N–H and O–H groups in total. The minimum absolute atomic E-state index is 0.513. The van der Waals surface area contributed by atoms with Gasteiger partial charge in [0, 0.05) is 10.6 Å². The van der Waals surface area contributed by atoms with Crippen LogP contribution in [0.4, 0.5) is 0 Å². The monoisotopic (exact) mass is 290 g/mol. The highest BCUT2D eigenvalue weighted by Gasteiger charge is 2.12. The smallest absolute Gasteiger partial charge is 0.133 e. The summed E-state index contributed by atoms with van der Waals surface area (Å²) in [5.41, 5.74) is 2.77. The molecule has 0 aromatic heterocycles. The predicted octanol–water partition coefficient (Wildman–Crippen LogP) is 5.19. The molecule has 0 spiro atoms. The first kappa shape index (κ1) is 14.9. The van der Waals surface area contributed by atoms with Crippen LogP contribution in [0.3, 0.4) is 0 Å². The van der Waals surface area contributed by atoms with Crippen molar-refractivity contribution in [3.05, 3.63) is 58.1 Å². The third-order valence-corrected chi connectivity index (χ3v) is 3.90. The standard InChI is InChI=1S/C17H19ClO2/c1-4-15(19)14-7-5-6-8-16(14)20-13-9-11(2)17(18)12(3)10-13/h5-10,15,19H,4H2,1-3H3/t15-/m0/s1. The van der Waals surface area contributed by atoms with Gasteiger partial charge in [-0.2, -0.15) is 0 Å². The Hall–Kier alpha value is -1.51. The van der Waals surface area contributed by atoms with E-state index in [1.165, 1.54) is 0 Å². The first-order valence-electron chi connectivity index (χ1n) is 6.74. The van der Waals surface area contributed by atoms with Gasteiger partial charge in [0.25, 0.3) is 0 Å². The van der Waals surface area contributed by atoms with Crippen LogP contribution in [-0.2, 0) is 0 Å². The fourth-order valence-corrected chi connectivity index (χ4v) is 2.27. The zero-order valence-electron chi connectivity index (χ0n) is 12.0. The third-order valence-electron chi connectivity index (χ3n) is 3.30. The number of aryl methyl sites for hydroxylation is 2. The number of rotatable bonds is 4. The minimum atomic E-state index is -0.513. The van der Waals surface area contributed by atoms with Crippen molar-refractivity contribution in [2.75, 3.05) is 0 Å². The molecule has 2 rings (SSSR count). The van der Waals surface area contributed by atoms with Crippen molar-refractivity contribution in [3.8, 4) is 11.5 Å². The highest BCUT2D eigenvalue weighted by Crippen LogP contribution is 2.33. The Kier molecular flexibility index (Phi) is 4.69. The van der Waals surface area contributed by atoms with E-state index < -0.39 is 6.10 Å². The summed E-state index contributed by atoms with van der Waals surface area (Å²) in [6.07, 6.45) is 0.139. The van der Waals surface area contributed by atoms with E-state index >= 15 is 0 Å². The molecule has 20 heavy (non-hydrogen) atoms. The highest BCUT2D eigenvalue weighted by atomic mass is 35.5. The molecule has 0 aliphatic rings. The van der Waals surface area contributed by atoms with Gasteiger partial charge in [-0.25, -0.2) is 0 Å². The van der Waals surface area contributed by atoms with E-state index in [4.69, 9.17) is 16.3 Å². The van der Waals surface area contributed by atoms with Crippen LogP contribution >= 0.6 is 11.6 Å². The van der Waals surface area contributed by atoms with Crippen LogP contribution in [0.25, 0.3) is 0 Å². The molecule has 0 aliphatic heterocycles. The van der Waals surface area contributed by atoms with Crippen molar-refractivity contribution >= 4 is 11.6 Å². The first-order valence-corrected chi connectivity index (χ1v) is 7.12. The van der Waals surface area contributed by atoms with Gasteiger partial charge in [0.15, 0.2) is 0 Å². The summed E-state index contributed by atoms with van der Waals surface area (Å²) in [6.45, 7) is 5.85. The molecule has 0 saturated carbocycles. The molecule has 2 aromatic rings. The maximum atomic E-state index is 10.0. The minimum Gasteiger partial charge on any atom is -0.457 e. The Bertz CT molecular complexity index is 585. The number of benzene rings is 2. The third kappa shape index (κ3) is 3.14. The van der Waals surface area contributed by atoms with E-state index in [9.17, 15) is 5.11 Å². The van der Waals surface area contributed by atoms with Gasteiger partial charge in [0.2, 0.25) is 0 Å². The summed E-state index contributed by atoms with van der Waals surface area (Å²) in [5.74, 6) is 1.42. The second-order valence-electron chi connectivity index (χ2n) is 4.93. The maximum Gasteiger partial charge on any atom is 0.133 e. The van der Waals surface area contributed by atoms with E-state index in [2.05, 4.69) is 0 Å². The lowest BCUT2D eigenvalue weighted by molar-refractivity contribution is 0.170. The van der Waals surface area contributed by atoms with Crippen molar-refractivity contribution in [3.63, 3.8) is 0 Å². The van der Waals surface area contributed by atoms with Crippen molar-refractivity contribution in [2.45, 2.75) is 33.3 Å². The molecule has 0 bridgehead atoms. The Morgan fingerprint density at radius 1 is 1.15 bits per heavy atom. The van der Waals surface area contributed by atoms with Gasteiger partial charge < -0.3 is 9.84 Å². The normalized spacial score (nSPS) is 12.2. The van der Waals surface area contributed by atoms with E-state index in [1.54, 1.807) is 0 Å². The van der Waals surface area contributed by atoms with Crippen molar-refractivity contribution in [1.82, 2.24) is 0 Å². The van der Waals surface area contributed by atoms with Crippen molar-refractivity contribution in [1.29, 1.82) is 0 Å². The molecular weight excluding hydrogens is 272 g/mol. The second kappa shape index (κ2) is 6.29. The number of aliphatic hydroxyl groups excluding tert-OH is 1. The lowest BCUT2D eigenvalue weighted by Gasteiger charge is -2.15. The molecule has 3 heteroatoms. The lowest BCUT2D eigenvalue weighted by Crippen LogP contribution is -1.99. The molecule has 2 nitrogen and oxygen atoms in total. The summed E-state index contributed by atoms with van der Waals surface area (Å²) >= 11 is 6.16. The van der Waals surface area contributed by atoms with Gasteiger partial charge in [0.05, 0.1) is 6.10 Å². The second-order valence-corrected chi connectivity index (χ2v) is 5.31. The molecule has 106 valence electrons. The Morgan fingerprint density at radius 3 is 2.35 bits per heavy atom. The van der Waals surface area contributed by atoms with Gasteiger partial charge in [0.1, 0.15) is 11.5 Å². The molecular formula is C17H19ClO2. The van der Waals surface area contributed by atoms with Crippen LogP contribution in [0.2, 0.25) is 5.02 Å². The van der Waals surface area contributed by atoms with Gasteiger partial charge >= 0.3 is 0 Å². The zero-order chi connectivity index (χ0) is 14.7. The Labute approximate surface area is 125 Å². The number of aliphatic hydroxyl groups is 1. The van der Waals surface area contributed by atoms with E-state index in [0.717, 1.165) is 27.5 Å². The molecule has 2 aromatic carbocycles. The van der Waals surface area contributed by atoms with Crippen LogP contribution in [-0.4, -0.2) is 5.11 Å². The van der Waals surface area contributed by atoms with Gasteiger partial charge in [-0.3, -0.25) is 0 Å². The van der Waals surface area contributed by atoms with E-state index in [1.807, 2.05) is 57.2 Å². The number of hydrogen-bond acceptors (Lipinski definition) is 2. The van der Waals surface area contributed by atoms with Gasteiger partial charge in [-0.1, -0.05) is 36.7 Å². The summed E-state index contributed by atoms with van der Waals surface area (Å²) in [7, 11) is 0. The number of para-hydroxylation sites is 1. The summed E-state index contributed by atoms with van der Waals surface area (Å²) < 4.78 is 5.93. The quantitative estimate of drug-likeness (QED) is 0.839. The van der Waals surface area contributed by atoms with Crippen LogP contribution < -0.4 is 4.74 Å². The predicted molar refractivity (Wildman–Crippen MR) is 82.7 cm³/mol. The van der Waals surface area contributed by atoms with E-state index in [-0.39, 0.29) is 0 Å². The molecule has 1 atom stereocenters. The molecule has 0 amide bonds. The number of hydrogen-bond donors (Lipinski definition) is 1. The molecule has 0 heterocycles. The van der Waals surface area contributed by atoms with Crippen molar-refractivity contribution < 1.29 is 9.84 Å². The Balaban J connectivity index is 2.35. The van der Waals surface area contributed by atoms with Gasteiger partial charge in [-0.05, 0) is 49.6 Å². The topological polar surface area (TPSA) is 29.5 Å². The molecule has 0 saturated heterocycles. The number of ether oxygens (including phenoxy) is 1. The number of halogens is 1. The van der Waals surface area contributed by atoms with Crippen LogP contribution in [0, 0.1) is 13.8 Å². The zero-order valence-corrected chi connectivity index (χ0v) is 12.7. The molecule has 0 fully saturated rings. The molecule has 0 aliphatic carbocycles. The molecule has 0 unspecified atom stereocenters. The van der Waals surface area contributed by atoms with Gasteiger partial charge in [-0.15, -0.1) is 0 Å². The average molecular weight is 291 g/mol. The lowest BCUT2D eigenvalue weighted by atomic mass is 10.1. The first-order chi connectivity index (χ1) is 9.52. The fraction of sp³-hybridized carbons (Fsp3) is 0.294. The van der Waals surface area contributed by atoms with E-state index in [0.29, 0.717) is 12.2 Å². The fourth-order valence-electron chi connectivity index (χ4n) is 2.16. The van der Waals surface area contributed by atoms with Crippen LogP contribution in [0.15, 0.2) is 36.4 Å². The molecule has 0 radical (unpaired) electrons.